The first-order chi connectivity index (χ1) is 11.7. The van der Waals surface area contributed by atoms with E-state index in [0.717, 1.165) is 33.1 Å². The molecule has 0 atom stereocenters. The van der Waals surface area contributed by atoms with Crippen LogP contribution in [0.15, 0.2) is 40.6 Å². The first-order valence-electron chi connectivity index (χ1n) is 7.99. The summed E-state index contributed by atoms with van der Waals surface area (Å²) in [5, 5.41) is 2.90. The lowest BCUT2D eigenvalue weighted by Crippen LogP contribution is -2.32. The van der Waals surface area contributed by atoms with Crippen LogP contribution in [0.3, 0.4) is 0 Å². The van der Waals surface area contributed by atoms with E-state index in [1.165, 1.54) is 4.88 Å². The number of fused-ring (bicyclic) bond motifs is 1. The van der Waals surface area contributed by atoms with Gasteiger partial charge in [0, 0.05) is 22.7 Å². The number of carbonyl (C=O) groups excluding carboxylic acids is 1. The van der Waals surface area contributed by atoms with Crippen LogP contribution in [0.4, 0.5) is 5.13 Å². The van der Waals surface area contributed by atoms with Crippen molar-refractivity contribution < 1.29 is 4.79 Å². The van der Waals surface area contributed by atoms with Gasteiger partial charge in [0.15, 0.2) is 5.13 Å². The summed E-state index contributed by atoms with van der Waals surface area (Å²) < 4.78 is 1.14. The van der Waals surface area contributed by atoms with Crippen LogP contribution in [0.1, 0.15) is 24.6 Å². The number of anilines is 1. The summed E-state index contributed by atoms with van der Waals surface area (Å²) in [4.78, 5) is 21.8. The predicted octanol–water partition coefficient (Wildman–Crippen LogP) is 5.46. The monoisotopic (exact) mass is 376 g/mol. The van der Waals surface area contributed by atoms with Crippen molar-refractivity contribution >= 4 is 55.7 Å². The van der Waals surface area contributed by atoms with Crippen molar-refractivity contribution in [1.82, 2.24) is 4.98 Å². The maximum absolute atomic E-state index is 12.6. The minimum Gasteiger partial charge on any atom is -0.288 e. The van der Waals surface area contributed by atoms with Crippen LogP contribution in [0.2, 0.25) is 0 Å². The molecule has 0 unspecified atom stereocenters. The van der Waals surface area contributed by atoms with Crippen LogP contribution < -0.4 is 4.90 Å². The number of hydrogen-bond acceptors (Lipinski definition) is 5. The zero-order chi connectivity index (χ0) is 16.9. The van der Waals surface area contributed by atoms with Crippen LogP contribution in [-0.4, -0.2) is 23.7 Å². The van der Waals surface area contributed by atoms with Gasteiger partial charge in [0.2, 0.25) is 5.91 Å². The van der Waals surface area contributed by atoms with Gasteiger partial charge in [0.25, 0.3) is 0 Å². The van der Waals surface area contributed by atoms with Gasteiger partial charge >= 0.3 is 0 Å². The maximum Gasteiger partial charge on any atom is 0.228 e. The number of rotatable bonds is 7. The van der Waals surface area contributed by atoms with Crippen molar-refractivity contribution in [2.75, 3.05) is 17.7 Å². The molecule has 6 heteroatoms. The number of para-hydroxylation sites is 1. The summed E-state index contributed by atoms with van der Waals surface area (Å²) in [6, 6.07) is 10.4. The zero-order valence-electron chi connectivity index (χ0n) is 13.8. The van der Waals surface area contributed by atoms with Gasteiger partial charge in [0.05, 0.1) is 10.2 Å². The highest BCUT2D eigenvalue weighted by Gasteiger charge is 2.20. The Hall–Kier alpha value is -1.37. The SMILES string of the molecule is CCCC(=O)N(CCc1cccs1)c1nc2c(SC)cccc2s1. The number of thioether (sulfide) groups is 1. The summed E-state index contributed by atoms with van der Waals surface area (Å²) in [5.74, 6) is 0.166. The summed E-state index contributed by atoms with van der Waals surface area (Å²) >= 11 is 5.04. The highest BCUT2D eigenvalue weighted by Crippen LogP contribution is 2.34. The first kappa shape index (κ1) is 17.5. The Balaban J connectivity index is 1.90. The third kappa shape index (κ3) is 3.82. The van der Waals surface area contributed by atoms with Crippen molar-refractivity contribution in [1.29, 1.82) is 0 Å². The van der Waals surface area contributed by atoms with E-state index in [4.69, 9.17) is 4.98 Å². The molecule has 0 aliphatic rings. The van der Waals surface area contributed by atoms with Crippen LogP contribution in [-0.2, 0) is 11.2 Å². The second-order valence-corrected chi connectivity index (χ2v) is 8.32. The summed E-state index contributed by atoms with van der Waals surface area (Å²) in [5.41, 5.74) is 1.01. The molecule has 1 aromatic carbocycles. The van der Waals surface area contributed by atoms with Crippen LogP contribution in [0.5, 0.6) is 0 Å². The van der Waals surface area contributed by atoms with Crippen LogP contribution in [0, 0.1) is 0 Å². The Bertz CT molecular complexity index is 811. The number of aromatic nitrogens is 1. The Morgan fingerprint density at radius 2 is 2.17 bits per heavy atom. The Morgan fingerprint density at radius 3 is 2.88 bits per heavy atom. The lowest BCUT2D eigenvalue weighted by Gasteiger charge is -2.19. The number of thiophene rings is 1. The number of hydrogen-bond donors (Lipinski definition) is 0. The fraction of sp³-hybridized carbons (Fsp3) is 0.333. The van der Waals surface area contributed by atoms with Crippen LogP contribution in [0.25, 0.3) is 10.2 Å². The normalized spacial score (nSPS) is 11.1. The molecular formula is C18H20N2OS3. The summed E-state index contributed by atoms with van der Waals surface area (Å²) in [6.07, 6.45) is 4.36. The second kappa shape index (κ2) is 8.14. The molecule has 1 amide bonds. The molecule has 3 aromatic rings. The second-order valence-electron chi connectivity index (χ2n) is 5.43. The number of benzene rings is 1. The number of carbonyl (C=O) groups is 1. The molecule has 2 heterocycles. The average Bonchev–Trinajstić information content (AvgIpc) is 3.24. The van der Waals surface area contributed by atoms with Crippen molar-refractivity contribution in [3.8, 4) is 0 Å². The van der Waals surface area contributed by atoms with E-state index in [1.54, 1.807) is 34.4 Å². The molecule has 0 N–H and O–H groups in total. The minimum absolute atomic E-state index is 0.166. The molecule has 0 saturated heterocycles. The molecule has 0 radical (unpaired) electrons. The highest BCUT2D eigenvalue weighted by atomic mass is 32.2. The predicted molar refractivity (Wildman–Crippen MR) is 107 cm³/mol. The van der Waals surface area contributed by atoms with E-state index in [1.807, 2.05) is 11.8 Å². The Kier molecular flexibility index (Phi) is 5.92. The molecular weight excluding hydrogens is 356 g/mol. The fourth-order valence-electron chi connectivity index (χ4n) is 2.54. The number of nitrogens with zero attached hydrogens (tertiary/aromatic N) is 2. The Morgan fingerprint density at radius 1 is 1.29 bits per heavy atom. The van der Waals surface area contributed by atoms with Gasteiger partial charge in [-0.05, 0) is 42.7 Å². The van der Waals surface area contributed by atoms with E-state index in [-0.39, 0.29) is 5.91 Å². The topological polar surface area (TPSA) is 33.2 Å². The number of amides is 1. The van der Waals surface area contributed by atoms with Crippen molar-refractivity contribution in [3.05, 3.63) is 40.6 Å². The third-order valence-electron chi connectivity index (χ3n) is 3.75. The average molecular weight is 377 g/mol. The maximum atomic E-state index is 12.6. The molecule has 3 nitrogen and oxygen atoms in total. The molecule has 0 saturated carbocycles. The van der Waals surface area contributed by atoms with E-state index in [2.05, 4.69) is 42.0 Å². The van der Waals surface area contributed by atoms with E-state index in [9.17, 15) is 4.79 Å². The molecule has 2 aromatic heterocycles. The highest BCUT2D eigenvalue weighted by molar-refractivity contribution is 7.98. The molecule has 24 heavy (non-hydrogen) atoms. The van der Waals surface area contributed by atoms with E-state index >= 15 is 0 Å². The summed E-state index contributed by atoms with van der Waals surface area (Å²) in [6.45, 7) is 2.73. The third-order valence-corrected chi connectivity index (χ3v) is 6.50. The largest absolute Gasteiger partial charge is 0.288 e. The summed E-state index contributed by atoms with van der Waals surface area (Å²) in [7, 11) is 0. The lowest BCUT2D eigenvalue weighted by atomic mass is 10.2. The van der Waals surface area contributed by atoms with Gasteiger partial charge in [-0.1, -0.05) is 30.4 Å². The zero-order valence-corrected chi connectivity index (χ0v) is 16.3. The molecule has 0 aliphatic heterocycles. The molecule has 0 bridgehead atoms. The van der Waals surface area contributed by atoms with E-state index in [0.29, 0.717) is 13.0 Å². The fourth-order valence-corrected chi connectivity index (χ4v) is 4.91. The lowest BCUT2D eigenvalue weighted by molar-refractivity contribution is -0.118. The van der Waals surface area contributed by atoms with Gasteiger partial charge in [-0.15, -0.1) is 23.1 Å². The van der Waals surface area contributed by atoms with Gasteiger partial charge in [0.1, 0.15) is 0 Å². The van der Waals surface area contributed by atoms with Gasteiger partial charge < -0.3 is 0 Å². The Labute approximate surface area is 154 Å². The van der Waals surface area contributed by atoms with Crippen molar-refractivity contribution in [2.24, 2.45) is 0 Å². The first-order valence-corrected chi connectivity index (χ1v) is 10.9. The molecule has 0 fully saturated rings. The van der Waals surface area contributed by atoms with Gasteiger partial charge in [-0.25, -0.2) is 4.98 Å². The standard InChI is InChI=1S/C18H20N2OS3/c1-3-6-16(21)20(11-10-13-7-5-12-23-13)18-19-17-14(22-2)8-4-9-15(17)24-18/h4-5,7-9,12H,3,6,10-11H2,1-2H3. The number of thiazole rings is 1. The van der Waals surface area contributed by atoms with Gasteiger partial charge in [-0.3, -0.25) is 9.69 Å². The quantitative estimate of drug-likeness (QED) is 0.514. The van der Waals surface area contributed by atoms with Crippen molar-refractivity contribution in [2.45, 2.75) is 31.1 Å². The molecule has 0 aliphatic carbocycles. The van der Waals surface area contributed by atoms with Crippen LogP contribution >= 0.6 is 34.4 Å². The van der Waals surface area contributed by atoms with Gasteiger partial charge in [-0.2, -0.15) is 0 Å². The van der Waals surface area contributed by atoms with Crippen molar-refractivity contribution in [3.63, 3.8) is 0 Å². The molecule has 126 valence electrons. The molecule has 3 rings (SSSR count). The van der Waals surface area contributed by atoms with E-state index < -0.39 is 0 Å². The molecule has 0 spiro atoms. The minimum atomic E-state index is 0.166. The smallest absolute Gasteiger partial charge is 0.228 e.